The normalized spacial score (nSPS) is 20.3. The number of fused-ring (bicyclic) bond motifs is 1. The molecule has 0 spiro atoms. The molecule has 3 aliphatic heterocycles. The number of aromatic nitrogens is 1. The second-order valence-electron chi connectivity index (χ2n) is 9.01. The van der Waals surface area contributed by atoms with Crippen molar-refractivity contribution in [1.82, 2.24) is 19.5 Å². The van der Waals surface area contributed by atoms with Crippen LogP contribution in [-0.4, -0.2) is 57.1 Å². The molecule has 2 N–H and O–H groups in total. The Labute approximate surface area is 207 Å². The lowest BCUT2D eigenvalue weighted by Crippen LogP contribution is -2.52. The van der Waals surface area contributed by atoms with Gasteiger partial charge < -0.3 is 15.1 Å². The maximum atomic E-state index is 13.0. The number of aryl methyl sites for hydroxylation is 1. The van der Waals surface area contributed by atoms with Crippen molar-refractivity contribution in [2.45, 2.75) is 45.2 Å². The number of piperidine rings is 2. The molecule has 180 valence electrons. The van der Waals surface area contributed by atoms with Gasteiger partial charge in [0.05, 0.1) is 11.4 Å². The third-order valence-corrected chi connectivity index (χ3v) is 7.49. The molecule has 5 rings (SSSR count). The first kappa shape index (κ1) is 23.1. The third-order valence-electron chi connectivity index (χ3n) is 6.77. The van der Waals surface area contributed by atoms with Crippen molar-refractivity contribution in [2.75, 3.05) is 18.4 Å². The maximum Gasteiger partial charge on any atom is 0.321 e. The van der Waals surface area contributed by atoms with Crippen molar-refractivity contribution < 1.29 is 19.2 Å². The van der Waals surface area contributed by atoms with Crippen LogP contribution in [-0.2, 0) is 16.1 Å². The van der Waals surface area contributed by atoms with Crippen molar-refractivity contribution in [3.63, 3.8) is 0 Å². The number of hydrogen-bond donors (Lipinski definition) is 2. The number of rotatable bonds is 2. The number of amides is 5. The molecule has 2 fully saturated rings. The van der Waals surface area contributed by atoms with E-state index in [4.69, 9.17) is 0 Å². The monoisotopic (exact) mass is 491 g/mol. The van der Waals surface area contributed by atoms with Crippen LogP contribution in [0.5, 0.6) is 0 Å². The van der Waals surface area contributed by atoms with Gasteiger partial charge in [-0.3, -0.25) is 19.7 Å². The highest BCUT2D eigenvalue weighted by Crippen LogP contribution is 2.30. The fourth-order valence-electron chi connectivity index (χ4n) is 4.72. The van der Waals surface area contributed by atoms with Crippen molar-refractivity contribution in [3.05, 3.63) is 46.0 Å². The minimum absolute atomic E-state index is 0.118. The van der Waals surface area contributed by atoms with Crippen molar-refractivity contribution in [3.8, 4) is 11.8 Å². The molecule has 9 nitrogen and oxygen atoms in total. The van der Waals surface area contributed by atoms with E-state index >= 15 is 0 Å². The summed E-state index contributed by atoms with van der Waals surface area (Å²) in [4.78, 5) is 52.6. The van der Waals surface area contributed by atoms with E-state index in [0.29, 0.717) is 31.6 Å². The van der Waals surface area contributed by atoms with Gasteiger partial charge in [0.2, 0.25) is 11.8 Å². The Morgan fingerprint density at radius 1 is 1.20 bits per heavy atom. The van der Waals surface area contributed by atoms with E-state index in [-0.39, 0.29) is 30.2 Å². The average molecular weight is 492 g/mol. The molecule has 4 heterocycles. The summed E-state index contributed by atoms with van der Waals surface area (Å²) < 4.78 is 4.18. The molecule has 1 atom stereocenters. The van der Waals surface area contributed by atoms with Crippen LogP contribution in [0.25, 0.3) is 0 Å². The highest BCUT2D eigenvalue weighted by atomic mass is 32.1. The Kier molecular flexibility index (Phi) is 6.26. The van der Waals surface area contributed by atoms with E-state index in [0.717, 1.165) is 35.3 Å². The highest BCUT2D eigenvalue weighted by Gasteiger charge is 2.39. The zero-order chi connectivity index (χ0) is 24.5. The molecule has 2 aromatic rings. The Bertz CT molecular complexity index is 1270. The number of nitrogens with zero attached hydrogens (tertiary/aromatic N) is 3. The van der Waals surface area contributed by atoms with Crippen LogP contribution in [0.3, 0.4) is 0 Å². The summed E-state index contributed by atoms with van der Waals surface area (Å²) in [5, 5.41) is 7.07. The fourth-order valence-corrected chi connectivity index (χ4v) is 5.36. The Morgan fingerprint density at radius 2 is 2.00 bits per heavy atom. The number of carbonyl (C=O) groups is 4. The number of anilines is 1. The van der Waals surface area contributed by atoms with Crippen LogP contribution in [0.2, 0.25) is 0 Å². The molecule has 0 bridgehead atoms. The van der Waals surface area contributed by atoms with Crippen LogP contribution in [0.4, 0.5) is 10.5 Å². The minimum atomic E-state index is -0.641. The molecule has 3 aliphatic rings. The Morgan fingerprint density at radius 3 is 2.71 bits per heavy atom. The van der Waals surface area contributed by atoms with E-state index in [1.807, 2.05) is 24.4 Å². The van der Waals surface area contributed by atoms with E-state index in [9.17, 15) is 19.2 Å². The van der Waals surface area contributed by atoms with Gasteiger partial charge in [0.1, 0.15) is 6.04 Å². The molecule has 35 heavy (non-hydrogen) atoms. The molecule has 2 saturated heterocycles. The lowest BCUT2D eigenvalue weighted by atomic mass is 9.96. The first-order chi connectivity index (χ1) is 16.9. The number of likely N-dealkylation sites (tertiary alicyclic amines) is 1. The van der Waals surface area contributed by atoms with Gasteiger partial charge >= 0.3 is 6.03 Å². The Hall–Kier alpha value is -3.71. The molecular formula is C25H25N5O4S. The molecule has 0 saturated carbocycles. The van der Waals surface area contributed by atoms with E-state index in [1.165, 1.54) is 11.5 Å². The summed E-state index contributed by atoms with van der Waals surface area (Å²) in [6.45, 7) is 3.42. The predicted octanol–water partition coefficient (Wildman–Crippen LogP) is 2.51. The number of hydrogen-bond acceptors (Lipinski definition) is 6. The van der Waals surface area contributed by atoms with Crippen LogP contribution in [0.15, 0.2) is 23.6 Å². The number of urea groups is 1. The Balaban J connectivity index is 1.22. The van der Waals surface area contributed by atoms with Crippen molar-refractivity contribution >= 4 is 41.0 Å². The van der Waals surface area contributed by atoms with Gasteiger partial charge in [-0.1, -0.05) is 17.9 Å². The van der Waals surface area contributed by atoms with Gasteiger partial charge in [-0.05, 0) is 55.4 Å². The first-order valence-electron chi connectivity index (χ1n) is 11.7. The summed E-state index contributed by atoms with van der Waals surface area (Å²) in [5.41, 5.74) is 3.73. The zero-order valence-electron chi connectivity index (χ0n) is 19.3. The number of imide groups is 1. The van der Waals surface area contributed by atoms with Crippen LogP contribution in [0.1, 0.15) is 52.9 Å². The minimum Gasteiger partial charge on any atom is -0.324 e. The first-order valence-corrected chi connectivity index (χ1v) is 12.5. The second kappa shape index (κ2) is 9.50. The van der Waals surface area contributed by atoms with Crippen molar-refractivity contribution in [1.29, 1.82) is 0 Å². The van der Waals surface area contributed by atoms with Gasteiger partial charge in [-0.15, -0.1) is 0 Å². The summed E-state index contributed by atoms with van der Waals surface area (Å²) in [6, 6.07) is 4.71. The van der Waals surface area contributed by atoms with Gasteiger partial charge in [-0.25, -0.2) is 4.79 Å². The largest absolute Gasteiger partial charge is 0.324 e. The molecular weight excluding hydrogens is 466 g/mol. The number of nitrogens with one attached hydrogen (secondary N) is 2. The molecule has 5 amide bonds. The quantitative estimate of drug-likeness (QED) is 0.495. The van der Waals surface area contributed by atoms with Gasteiger partial charge in [-0.2, -0.15) is 4.37 Å². The summed E-state index contributed by atoms with van der Waals surface area (Å²) in [7, 11) is 0. The van der Waals surface area contributed by atoms with Gasteiger partial charge in [0.15, 0.2) is 0 Å². The van der Waals surface area contributed by atoms with Crippen molar-refractivity contribution in [2.24, 2.45) is 5.92 Å². The maximum absolute atomic E-state index is 13.0. The second-order valence-corrected chi connectivity index (χ2v) is 9.64. The van der Waals surface area contributed by atoms with Crippen LogP contribution >= 0.6 is 11.5 Å². The summed E-state index contributed by atoms with van der Waals surface area (Å²) in [5.74, 6) is 5.82. The molecule has 0 aliphatic carbocycles. The third kappa shape index (κ3) is 4.64. The lowest BCUT2D eigenvalue weighted by molar-refractivity contribution is -0.136. The van der Waals surface area contributed by atoms with Gasteiger partial charge in [0.25, 0.3) is 5.91 Å². The molecule has 10 heteroatoms. The average Bonchev–Trinajstić information content (AvgIpc) is 3.41. The topological polar surface area (TPSA) is 112 Å². The lowest BCUT2D eigenvalue weighted by Gasteiger charge is -2.29. The number of carbonyl (C=O) groups excluding carboxylic acids is 4. The molecule has 1 aromatic heterocycles. The van der Waals surface area contributed by atoms with Crippen LogP contribution in [0, 0.1) is 24.7 Å². The molecule has 1 aromatic carbocycles. The summed E-state index contributed by atoms with van der Waals surface area (Å²) >= 11 is 1.32. The van der Waals surface area contributed by atoms with Gasteiger partial charge in [0, 0.05) is 48.5 Å². The standard InChI is InChI=1S/C25H25N5O4S/c1-15-20(14-35-28-15)26-25(34)29-11-9-16(10-12-29)5-6-17-3-2-4-18-19(17)13-30(24(18)33)21-7-8-22(31)27-23(21)32/h2-4,14,16,21H,7-13H2,1H3,(H,26,34)(H,27,31,32). The zero-order valence-corrected chi connectivity index (χ0v) is 20.1. The fraction of sp³-hybridized carbons (Fsp3) is 0.400. The van der Waals surface area contributed by atoms with E-state index < -0.39 is 11.9 Å². The molecule has 0 radical (unpaired) electrons. The summed E-state index contributed by atoms with van der Waals surface area (Å²) in [6.07, 6.45) is 2.11. The van der Waals surface area contributed by atoms with E-state index in [2.05, 4.69) is 26.8 Å². The van der Waals surface area contributed by atoms with Crippen LogP contribution < -0.4 is 10.6 Å². The smallest absolute Gasteiger partial charge is 0.321 e. The van der Waals surface area contributed by atoms with E-state index in [1.54, 1.807) is 15.9 Å². The highest BCUT2D eigenvalue weighted by molar-refractivity contribution is 7.04. The molecule has 1 unspecified atom stereocenters. The number of benzene rings is 1. The predicted molar refractivity (Wildman–Crippen MR) is 130 cm³/mol. The SMILES string of the molecule is Cc1nscc1NC(=O)N1CCC(C#Cc2cccc3c2CN(C2CCC(=O)NC2=O)C3=O)CC1.